The summed E-state index contributed by atoms with van der Waals surface area (Å²) in [6.07, 6.45) is 0. The van der Waals surface area contributed by atoms with Gasteiger partial charge in [0, 0.05) is 6.54 Å². The van der Waals surface area contributed by atoms with Crippen molar-refractivity contribution < 1.29 is 14.2 Å². The second-order valence-corrected chi connectivity index (χ2v) is 5.57. The van der Waals surface area contributed by atoms with Gasteiger partial charge < -0.3 is 20.5 Å². The molecule has 2 aromatic rings. The van der Waals surface area contributed by atoms with Crippen LogP contribution < -0.4 is 15.4 Å². The first-order valence-electron chi connectivity index (χ1n) is 8.27. The van der Waals surface area contributed by atoms with Gasteiger partial charge >= 0.3 is 0 Å². The molecular weight excluding hydrogens is 321 g/mol. The first kappa shape index (κ1) is 18.6. The maximum atomic E-state index is 13.3. The number of rotatable bonds is 7. The van der Waals surface area contributed by atoms with E-state index in [0.717, 1.165) is 5.75 Å². The molecule has 0 fully saturated rings. The third-order valence-corrected chi connectivity index (χ3v) is 3.46. The zero-order valence-electron chi connectivity index (χ0n) is 14.6. The SMILES string of the molecule is CCNC(=NCc1ccc(O)c(F)c1)NCCOc1ccc(C)cc1. The highest BCUT2D eigenvalue weighted by Gasteiger charge is 2.02. The third-order valence-electron chi connectivity index (χ3n) is 3.46. The summed E-state index contributed by atoms with van der Waals surface area (Å²) >= 11 is 0. The molecule has 6 heteroatoms. The van der Waals surface area contributed by atoms with E-state index in [4.69, 9.17) is 4.74 Å². The molecule has 0 spiro atoms. The van der Waals surface area contributed by atoms with Crippen LogP contribution in [0.15, 0.2) is 47.5 Å². The van der Waals surface area contributed by atoms with E-state index in [0.29, 0.717) is 37.8 Å². The molecule has 0 amide bonds. The number of nitrogens with one attached hydrogen (secondary N) is 2. The second kappa shape index (κ2) is 9.52. The van der Waals surface area contributed by atoms with Gasteiger partial charge in [-0.1, -0.05) is 23.8 Å². The van der Waals surface area contributed by atoms with E-state index in [1.165, 1.54) is 17.7 Å². The minimum absolute atomic E-state index is 0.311. The van der Waals surface area contributed by atoms with Crippen molar-refractivity contribution in [2.75, 3.05) is 19.7 Å². The van der Waals surface area contributed by atoms with Crippen LogP contribution in [0.5, 0.6) is 11.5 Å². The summed E-state index contributed by atoms with van der Waals surface area (Å²) in [6.45, 7) is 6.12. The zero-order chi connectivity index (χ0) is 18.1. The molecule has 0 aromatic heterocycles. The summed E-state index contributed by atoms with van der Waals surface area (Å²) in [5, 5.41) is 15.5. The number of nitrogens with zero attached hydrogens (tertiary/aromatic N) is 1. The Balaban J connectivity index is 1.82. The van der Waals surface area contributed by atoms with E-state index in [9.17, 15) is 9.50 Å². The van der Waals surface area contributed by atoms with Gasteiger partial charge in [-0.25, -0.2) is 9.38 Å². The number of hydrogen-bond acceptors (Lipinski definition) is 3. The number of aliphatic imine (C=N–C) groups is 1. The van der Waals surface area contributed by atoms with E-state index >= 15 is 0 Å². The minimum atomic E-state index is -0.642. The number of benzene rings is 2. The first-order valence-corrected chi connectivity index (χ1v) is 8.27. The van der Waals surface area contributed by atoms with Crippen molar-refractivity contribution in [3.8, 4) is 11.5 Å². The molecule has 5 nitrogen and oxygen atoms in total. The molecule has 0 saturated heterocycles. The molecule has 25 heavy (non-hydrogen) atoms. The summed E-state index contributed by atoms with van der Waals surface area (Å²) in [7, 11) is 0. The van der Waals surface area contributed by atoms with Crippen molar-refractivity contribution in [2.45, 2.75) is 20.4 Å². The Labute approximate surface area is 147 Å². The molecular formula is C19H24FN3O2. The largest absolute Gasteiger partial charge is 0.505 e. The quantitative estimate of drug-likeness (QED) is 0.410. The van der Waals surface area contributed by atoms with Gasteiger partial charge in [-0.15, -0.1) is 0 Å². The van der Waals surface area contributed by atoms with Crippen LogP contribution in [0.1, 0.15) is 18.1 Å². The van der Waals surface area contributed by atoms with Crippen LogP contribution in [0, 0.1) is 12.7 Å². The van der Waals surface area contributed by atoms with Crippen molar-refractivity contribution >= 4 is 5.96 Å². The fraction of sp³-hybridized carbons (Fsp3) is 0.316. The standard InChI is InChI=1S/C19H24FN3O2/c1-3-21-19(23-13-15-6-9-18(24)17(20)12-15)22-10-11-25-16-7-4-14(2)5-8-16/h4-9,12,24H,3,10-11,13H2,1-2H3,(H2,21,22,23). The van der Waals surface area contributed by atoms with Crippen molar-refractivity contribution in [1.29, 1.82) is 0 Å². The third kappa shape index (κ3) is 6.33. The van der Waals surface area contributed by atoms with Gasteiger partial charge in [-0.05, 0) is 43.7 Å². The van der Waals surface area contributed by atoms with Crippen molar-refractivity contribution in [3.05, 3.63) is 59.4 Å². The Bertz CT molecular complexity index is 702. The molecule has 0 aliphatic heterocycles. The molecule has 0 aliphatic carbocycles. The summed E-state index contributed by atoms with van der Waals surface area (Å²) in [5.74, 6) is 0.459. The zero-order valence-corrected chi connectivity index (χ0v) is 14.6. The van der Waals surface area contributed by atoms with Crippen LogP contribution in [0.4, 0.5) is 4.39 Å². The molecule has 2 rings (SSSR count). The number of aryl methyl sites for hydroxylation is 1. The number of ether oxygens (including phenoxy) is 1. The van der Waals surface area contributed by atoms with Gasteiger partial charge in [0.25, 0.3) is 0 Å². The Kier molecular flexibility index (Phi) is 7.07. The molecule has 134 valence electrons. The van der Waals surface area contributed by atoms with Crippen LogP contribution in [0.2, 0.25) is 0 Å². The Morgan fingerprint density at radius 1 is 1.16 bits per heavy atom. The molecule has 0 radical (unpaired) electrons. The molecule has 0 aliphatic rings. The van der Waals surface area contributed by atoms with Gasteiger partial charge in [0.2, 0.25) is 0 Å². The summed E-state index contributed by atoms with van der Waals surface area (Å²) < 4.78 is 19.0. The highest BCUT2D eigenvalue weighted by molar-refractivity contribution is 5.79. The monoisotopic (exact) mass is 345 g/mol. The van der Waals surface area contributed by atoms with E-state index in [1.807, 2.05) is 38.1 Å². The van der Waals surface area contributed by atoms with Crippen LogP contribution in [0.3, 0.4) is 0 Å². The predicted molar refractivity (Wildman–Crippen MR) is 97.6 cm³/mol. The Morgan fingerprint density at radius 2 is 1.92 bits per heavy atom. The number of hydrogen-bond donors (Lipinski definition) is 3. The number of phenols is 1. The molecule has 2 aromatic carbocycles. The molecule has 0 atom stereocenters. The predicted octanol–water partition coefficient (Wildman–Crippen LogP) is 2.97. The van der Waals surface area contributed by atoms with Crippen LogP contribution in [0.25, 0.3) is 0 Å². The smallest absolute Gasteiger partial charge is 0.191 e. The maximum Gasteiger partial charge on any atom is 0.191 e. The van der Waals surface area contributed by atoms with Crippen molar-refractivity contribution in [2.24, 2.45) is 4.99 Å². The van der Waals surface area contributed by atoms with Gasteiger partial charge in [0.15, 0.2) is 17.5 Å². The maximum absolute atomic E-state index is 13.3. The van der Waals surface area contributed by atoms with Gasteiger partial charge in [0.05, 0.1) is 13.1 Å². The summed E-state index contributed by atoms with van der Waals surface area (Å²) in [4.78, 5) is 4.40. The first-order chi connectivity index (χ1) is 12.1. The molecule has 0 heterocycles. The number of aromatic hydroxyl groups is 1. The number of phenolic OH excluding ortho intramolecular Hbond substituents is 1. The van der Waals surface area contributed by atoms with E-state index in [2.05, 4.69) is 15.6 Å². The lowest BCUT2D eigenvalue weighted by molar-refractivity contribution is 0.322. The lowest BCUT2D eigenvalue weighted by Gasteiger charge is -2.12. The number of halogens is 1. The summed E-state index contributed by atoms with van der Waals surface area (Å²) in [5.41, 5.74) is 1.88. The van der Waals surface area contributed by atoms with Crippen molar-refractivity contribution in [1.82, 2.24) is 10.6 Å². The van der Waals surface area contributed by atoms with E-state index in [-0.39, 0.29) is 5.75 Å². The fourth-order valence-electron chi connectivity index (χ4n) is 2.13. The van der Waals surface area contributed by atoms with Crippen LogP contribution in [-0.2, 0) is 6.54 Å². The minimum Gasteiger partial charge on any atom is -0.505 e. The average molecular weight is 345 g/mol. The highest BCUT2D eigenvalue weighted by atomic mass is 19.1. The normalized spacial score (nSPS) is 11.2. The Hall–Kier alpha value is -2.76. The van der Waals surface area contributed by atoms with Gasteiger partial charge in [-0.2, -0.15) is 0 Å². The summed E-state index contributed by atoms with van der Waals surface area (Å²) in [6, 6.07) is 12.1. The van der Waals surface area contributed by atoms with E-state index < -0.39 is 5.82 Å². The fourth-order valence-corrected chi connectivity index (χ4v) is 2.13. The van der Waals surface area contributed by atoms with Gasteiger partial charge in [0.1, 0.15) is 12.4 Å². The van der Waals surface area contributed by atoms with Crippen LogP contribution in [-0.4, -0.2) is 30.8 Å². The van der Waals surface area contributed by atoms with Gasteiger partial charge in [-0.3, -0.25) is 0 Å². The van der Waals surface area contributed by atoms with Crippen molar-refractivity contribution in [3.63, 3.8) is 0 Å². The van der Waals surface area contributed by atoms with E-state index in [1.54, 1.807) is 6.07 Å². The topological polar surface area (TPSA) is 65.9 Å². The Morgan fingerprint density at radius 3 is 2.60 bits per heavy atom. The molecule has 0 saturated carbocycles. The molecule has 0 bridgehead atoms. The molecule has 0 unspecified atom stereocenters. The average Bonchev–Trinajstić information content (AvgIpc) is 2.61. The van der Waals surface area contributed by atoms with Crippen LogP contribution >= 0.6 is 0 Å². The second-order valence-electron chi connectivity index (χ2n) is 5.57. The highest BCUT2D eigenvalue weighted by Crippen LogP contribution is 2.16. The lowest BCUT2D eigenvalue weighted by Crippen LogP contribution is -2.39. The number of guanidine groups is 1. The molecule has 3 N–H and O–H groups in total. The lowest BCUT2D eigenvalue weighted by atomic mass is 10.2.